The number of rotatable bonds is 3. The lowest BCUT2D eigenvalue weighted by Crippen LogP contribution is -1.99. The molecule has 0 unspecified atom stereocenters. The number of furan rings is 1. The van der Waals surface area contributed by atoms with Crippen LogP contribution in [0.4, 0.5) is 0 Å². The molecule has 21 heavy (non-hydrogen) atoms. The summed E-state index contributed by atoms with van der Waals surface area (Å²) < 4.78 is 5.67. The summed E-state index contributed by atoms with van der Waals surface area (Å²) in [5.74, 6) is 0.787. The van der Waals surface area contributed by atoms with Crippen LogP contribution in [0, 0.1) is 6.92 Å². The molecule has 0 atom stereocenters. The first kappa shape index (κ1) is 13.6. The molecule has 106 valence electrons. The van der Waals surface area contributed by atoms with Crippen LogP contribution in [0.5, 0.6) is 0 Å². The topological polar surface area (TPSA) is 30.2 Å². The monoisotopic (exact) mass is 278 g/mol. The number of carbonyl (C=O) groups is 1. The number of ketones is 1. The van der Waals surface area contributed by atoms with Gasteiger partial charge in [-0.05, 0) is 36.6 Å². The van der Waals surface area contributed by atoms with Gasteiger partial charge in [-0.2, -0.15) is 0 Å². The third-order valence-electron chi connectivity index (χ3n) is 3.74. The third-order valence-corrected chi connectivity index (χ3v) is 3.74. The van der Waals surface area contributed by atoms with Crippen LogP contribution in [0.2, 0.25) is 0 Å². The van der Waals surface area contributed by atoms with E-state index in [1.54, 1.807) is 0 Å². The minimum atomic E-state index is -0.0702. The van der Waals surface area contributed by atoms with Gasteiger partial charge in [-0.15, -0.1) is 0 Å². The van der Waals surface area contributed by atoms with Gasteiger partial charge in [-0.1, -0.05) is 49.7 Å². The Kier molecular flexibility index (Phi) is 3.38. The molecule has 0 amide bonds. The van der Waals surface area contributed by atoms with Crippen LogP contribution in [0.3, 0.4) is 0 Å². The van der Waals surface area contributed by atoms with Gasteiger partial charge in [0.2, 0.25) is 5.78 Å². The molecule has 0 N–H and O–H groups in total. The molecule has 3 aromatic rings. The second-order valence-electron chi connectivity index (χ2n) is 5.76. The molecule has 0 saturated heterocycles. The molecule has 0 fully saturated rings. The summed E-state index contributed by atoms with van der Waals surface area (Å²) in [6, 6.07) is 15.5. The largest absolute Gasteiger partial charge is 0.453 e. The van der Waals surface area contributed by atoms with Crippen molar-refractivity contribution in [1.29, 1.82) is 0 Å². The van der Waals surface area contributed by atoms with Crippen LogP contribution in [-0.4, -0.2) is 5.78 Å². The fourth-order valence-electron chi connectivity index (χ4n) is 2.44. The van der Waals surface area contributed by atoms with Crippen LogP contribution >= 0.6 is 0 Å². The maximum absolute atomic E-state index is 12.5. The highest BCUT2D eigenvalue weighted by molar-refractivity contribution is 6.09. The van der Waals surface area contributed by atoms with Crippen molar-refractivity contribution in [3.8, 4) is 0 Å². The van der Waals surface area contributed by atoms with Crippen molar-refractivity contribution in [2.24, 2.45) is 0 Å². The summed E-state index contributed by atoms with van der Waals surface area (Å²) in [5, 5.41) is 0.970. The molecule has 2 nitrogen and oxygen atoms in total. The number of aryl methyl sites for hydroxylation is 1. The Balaban J connectivity index is 1.95. The third kappa shape index (κ3) is 2.62. The Morgan fingerprint density at radius 3 is 2.38 bits per heavy atom. The summed E-state index contributed by atoms with van der Waals surface area (Å²) in [6.45, 7) is 6.30. The molecule has 1 heterocycles. The van der Waals surface area contributed by atoms with Crippen LogP contribution < -0.4 is 0 Å². The quantitative estimate of drug-likeness (QED) is 0.624. The van der Waals surface area contributed by atoms with Crippen molar-refractivity contribution < 1.29 is 9.21 Å². The average Bonchev–Trinajstić information content (AvgIpc) is 2.89. The smallest absolute Gasteiger partial charge is 0.228 e. The molecule has 0 saturated carbocycles. The maximum Gasteiger partial charge on any atom is 0.228 e. The van der Waals surface area contributed by atoms with Crippen LogP contribution in [-0.2, 0) is 0 Å². The Hall–Kier alpha value is -2.35. The van der Waals surface area contributed by atoms with E-state index in [4.69, 9.17) is 4.42 Å². The van der Waals surface area contributed by atoms with Gasteiger partial charge in [-0.25, -0.2) is 0 Å². The number of carbonyl (C=O) groups excluding carboxylic acids is 1. The molecule has 0 bridgehead atoms. The van der Waals surface area contributed by atoms with Crippen LogP contribution in [0.15, 0.2) is 52.9 Å². The van der Waals surface area contributed by atoms with Crippen molar-refractivity contribution in [2.75, 3.05) is 0 Å². The van der Waals surface area contributed by atoms with Crippen molar-refractivity contribution in [3.63, 3.8) is 0 Å². The van der Waals surface area contributed by atoms with Gasteiger partial charge in [-0.3, -0.25) is 4.79 Å². The first-order valence-corrected chi connectivity index (χ1v) is 7.19. The maximum atomic E-state index is 12.5. The van der Waals surface area contributed by atoms with Gasteiger partial charge < -0.3 is 4.42 Å². The number of benzene rings is 2. The predicted octanol–water partition coefficient (Wildman–Crippen LogP) is 5.10. The van der Waals surface area contributed by atoms with Gasteiger partial charge >= 0.3 is 0 Å². The van der Waals surface area contributed by atoms with E-state index in [9.17, 15) is 4.79 Å². The van der Waals surface area contributed by atoms with Crippen LogP contribution in [0.25, 0.3) is 11.0 Å². The molecule has 3 rings (SSSR count). The summed E-state index contributed by atoms with van der Waals surface area (Å²) in [4.78, 5) is 12.5. The Labute approximate surface area is 124 Å². The highest BCUT2D eigenvalue weighted by Crippen LogP contribution is 2.23. The highest BCUT2D eigenvalue weighted by Gasteiger charge is 2.14. The minimum absolute atomic E-state index is 0.0702. The second-order valence-corrected chi connectivity index (χ2v) is 5.76. The number of hydrogen-bond acceptors (Lipinski definition) is 2. The van der Waals surface area contributed by atoms with Gasteiger partial charge in [0.1, 0.15) is 5.58 Å². The number of hydrogen-bond donors (Lipinski definition) is 0. The SMILES string of the molecule is Cc1ccc2oc(C(=O)c3ccc(C(C)C)cc3)cc2c1. The lowest BCUT2D eigenvalue weighted by Gasteiger charge is -2.05. The summed E-state index contributed by atoms with van der Waals surface area (Å²) >= 11 is 0. The van der Waals surface area contributed by atoms with E-state index in [1.165, 1.54) is 5.56 Å². The fourth-order valence-corrected chi connectivity index (χ4v) is 2.44. The molecule has 0 aliphatic carbocycles. The van der Waals surface area contributed by atoms with Gasteiger partial charge in [0.25, 0.3) is 0 Å². The van der Waals surface area contributed by atoms with Gasteiger partial charge in [0, 0.05) is 10.9 Å². The van der Waals surface area contributed by atoms with E-state index in [0.717, 1.165) is 16.5 Å². The fraction of sp³-hybridized carbons (Fsp3) is 0.211. The molecule has 0 aliphatic rings. The minimum Gasteiger partial charge on any atom is -0.453 e. The molecule has 2 heteroatoms. The molecule has 0 radical (unpaired) electrons. The van der Waals surface area contributed by atoms with Gasteiger partial charge in [0.15, 0.2) is 5.76 Å². The van der Waals surface area contributed by atoms with Crippen molar-refractivity contribution in [2.45, 2.75) is 26.7 Å². The summed E-state index contributed by atoms with van der Waals surface area (Å²) in [5.41, 5.74) is 3.80. The zero-order valence-corrected chi connectivity index (χ0v) is 12.5. The second kappa shape index (κ2) is 5.21. The Morgan fingerprint density at radius 2 is 1.71 bits per heavy atom. The zero-order chi connectivity index (χ0) is 15.0. The Bertz CT molecular complexity index is 792. The average molecular weight is 278 g/mol. The molecule has 2 aromatic carbocycles. The Morgan fingerprint density at radius 1 is 1.00 bits per heavy atom. The van der Waals surface area contributed by atoms with E-state index in [1.807, 2.05) is 55.5 Å². The standard InChI is InChI=1S/C19H18O2/c1-12(2)14-5-7-15(8-6-14)19(20)18-11-16-10-13(3)4-9-17(16)21-18/h4-12H,1-3H3. The van der Waals surface area contributed by atoms with E-state index < -0.39 is 0 Å². The summed E-state index contributed by atoms with van der Waals surface area (Å²) in [7, 11) is 0. The van der Waals surface area contributed by atoms with E-state index in [2.05, 4.69) is 13.8 Å². The van der Waals surface area contributed by atoms with E-state index in [0.29, 0.717) is 17.2 Å². The normalized spacial score (nSPS) is 11.2. The summed E-state index contributed by atoms with van der Waals surface area (Å²) in [6.07, 6.45) is 0. The zero-order valence-electron chi connectivity index (χ0n) is 12.5. The van der Waals surface area contributed by atoms with Gasteiger partial charge in [0.05, 0.1) is 0 Å². The van der Waals surface area contributed by atoms with Crippen molar-refractivity contribution in [1.82, 2.24) is 0 Å². The molecule has 0 aliphatic heterocycles. The van der Waals surface area contributed by atoms with E-state index in [-0.39, 0.29) is 5.78 Å². The molecular formula is C19H18O2. The molecular weight excluding hydrogens is 260 g/mol. The van der Waals surface area contributed by atoms with Crippen molar-refractivity contribution in [3.05, 3.63) is 71.0 Å². The number of fused-ring (bicyclic) bond motifs is 1. The van der Waals surface area contributed by atoms with Crippen LogP contribution in [0.1, 0.15) is 47.0 Å². The lowest BCUT2D eigenvalue weighted by atomic mass is 10.00. The van der Waals surface area contributed by atoms with E-state index >= 15 is 0 Å². The first-order chi connectivity index (χ1) is 10.0. The molecule has 1 aromatic heterocycles. The predicted molar refractivity (Wildman–Crippen MR) is 84.9 cm³/mol. The lowest BCUT2D eigenvalue weighted by molar-refractivity contribution is 0.101. The molecule has 0 spiro atoms. The van der Waals surface area contributed by atoms with Crippen molar-refractivity contribution >= 4 is 16.8 Å². The highest BCUT2D eigenvalue weighted by atomic mass is 16.3. The first-order valence-electron chi connectivity index (χ1n) is 7.19.